The summed E-state index contributed by atoms with van der Waals surface area (Å²) in [6.45, 7) is 5.50. The lowest BCUT2D eigenvalue weighted by Crippen LogP contribution is -2.49. The van der Waals surface area contributed by atoms with Gasteiger partial charge < -0.3 is 24.3 Å². The van der Waals surface area contributed by atoms with Gasteiger partial charge in [0, 0.05) is 45.2 Å². The molecule has 2 atom stereocenters. The van der Waals surface area contributed by atoms with Gasteiger partial charge in [0.05, 0.1) is 18.8 Å². The third-order valence-corrected chi connectivity index (χ3v) is 6.25. The normalized spacial score (nSPS) is 22.8. The zero-order chi connectivity index (χ0) is 23.1. The van der Waals surface area contributed by atoms with Crippen LogP contribution in [0.15, 0.2) is 17.2 Å². The van der Waals surface area contributed by atoms with Crippen LogP contribution in [0.25, 0.3) is 0 Å². The summed E-state index contributed by atoms with van der Waals surface area (Å²) >= 11 is 0. The van der Waals surface area contributed by atoms with Crippen LogP contribution in [-0.4, -0.2) is 66.3 Å². The minimum atomic E-state index is -0.515. The van der Waals surface area contributed by atoms with Crippen molar-refractivity contribution in [2.24, 2.45) is 0 Å². The number of rotatable bonds is 6. The van der Waals surface area contributed by atoms with E-state index in [1.54, 1.807) is 29.0 Å². The predicted molar refractivity (Wildman–Crippen MR) is 122 cm³/mol. The van der Waals surface area contributed by atoms with Gasteiger partial charge in [0.2, 0.25) is 5.43 Å². The van der Waals surface area contributed by atoms with Crippen molar-refractivity contribution < 1.29 is 19.1 Å². The van der Waals surface area contributed by atoms with E-state index in [4.69, 9.17) is 9.47 Å². The Balaban J connectivity index is 1.87. The number of morpholine rings is 1. The number of nitrogens with zero attached hydrogens (tertiary/aromatic N) is 2. The highest BCUT2D eigenvalue weighted by Gasteiger charge is 2.29. The summed E-state index contributed by atoms with van der Waals surface area (Å²) in [5.74, 6) is -0.756. The Morgan fingerprint density at radius 1 is 1.03 bits per heavy atom. The molecule has 1 aromatic rings. The number of amides is 2. The van der Waals surface area contributed by atoms with Crippen LogP contribution in [0.2, 0.25) is 0 Å². The van der Waals surface area contributed by atoms with Crippen molar-refractivity contribution in [2.75, 3.05) is 26.8 Å². The number of carbonyl (C=O) groups is 2. The standard InChI is InChI=1S/C24H37N3O5/c1-17-13-27(14-18(2)32-17)24(30)21-16-26(11-12-31-3)15-20(22(21)28)23(29)25-19-9-7-5-4-6-8-10-19/h15-19H,4-14H2,1-3H3,(H,25,29)/t17-,18+. The fourth-order valence-electron chi connectivity index (χ4n) is 4.65. The van der Waals surface area contributed by atoms with Gasteiger partial charge in [-0.05, 0) is 26.7 Å². The third-order valence-electron chi connectivity index (χ3n) is 6.25. The van der Waals surface area contributed by atoms with E-state index in [1.807, 2.05) is 13.8 Å². The molecule has 1 saturated heterocycles. The van der Waals surface area contributed by atoms with Crippen molar-refractivity contribution >= 4 is 11.8 Å². The molecule has 2 heterocycles. The molecule has 8 nitrogen and oxygen atoms in total. The second kappa shape index (κ2) is 11.6. The maximum atomic E-state index is 13.3. The van der Waals surface area contributed by atoms with Crippen LogP contribution in [0.4, 0.5) is 0 Å². The molecule has 8 heteroatoms. The van der Waals surface area contributed by atoms with Crippen LogP contribution >= 0.6 is 0 Å². The van der Waals surface area contributed by atoms with E-state index < -0.39 is 11.3 Å². The van der Waals surface area contributed by atoms with Gasteiger partial charge in [-0.3, -0.25) is 14.4 Å². The van der Waals surface area contributed by atoms with Crippen molar-refractivity contribution in [3.63, 3.8) is 0 Å². The van der Waals surface area contributed by atoms with Gasteiger partial charge >= 0.3 is 0 Å². The smallest absolute Gasteiger partial charge is 0.259 e. The Labute approximate surface area is 190 Å². The molecule has 0 bridgehead atoms. The first kappa shape index (κ1) is 24.5. The second-order valence-electron chi connectivity index (χ2n) is 9.13. The Morgan fingerprint density at radius 2 is 1.62 bits per heavy atom. The quantitative estimate of drug-likeness (QED) is 0.724. The zero-order valence-corrected chi connectivity index (χ0v) is 19.6. The number of pyridine rings is 1. The molecule has 3 rings (SSSR count). The fourth-order valence-corrected chi connectivity index (χ4v) is 4.65. The molecular weight excluding hydrogens is 410 g/mol. The molecular formula is C24H37N3O5. The first-order valence-electron chi connectivity index (χ1n) is 11.9. The molecule has 0 spiro atoms. The highest BCUT2D eigenvalue weighted by Crippen LogP contribution is 2.18. The van der Waals surface area contributed by atoms with Crippen molar-refractivity contribution in [1.82, 2.24) is 14.8 Å². The molecule has 0 aromatic carbocycles. The zero-order valence-electron chi connectivity index (χ0n) is 19.6. The third kappa shape index (κ3) is 6.42. The van der Waals surface area contributed by atoms with Crippen molar-refractivity contribution in [3.05, 3.63) is 33.7 Å². The van der Waals surface area contributed by atoms with Crippen LogP contribution in [0, 0.1) is 0 Å². The summed E-state index contributed by atoms with van der Waals surface area (Å²) in [6.07, 6.45) is 10.5. The first-order valence-corrected chi connectivity index (χ1v) is 11.9. The van der Waals surface area contributed by atoms with Crippen LogP contribution < -0.4 is 10.7 Å². The van der Waals surface area contributed by atoms with Crippen LogP contribution in [0.1, 0.15) is 79.5 Å². The summed E-state index contributed by atoms with van der Waals surface area (Å²) in [6, 6.07) is 0.0647. The minimum Gasteiger partial charge on any atom is -0.383 e. The molecule has 2 amide bonds. The Bertz CT molecular complexity index is 835. The highest BCUT2D eigenvalue weighted by molar-refractivity contribution is 5.99. The van der Waals surface area contributed by atoms with Gasteiger partial charge in [0.1, 0.15) is 11.1 Å². The van der Waals surface area contributed by atoms with E-state index in [-0.39, 0.29) is 35.3 Å². The topological polar surface area (TPSA) is 89.9 Å². The Kier molecular flexibility index (Phi) is 8.87. The van der Waals surface area contributed by atoms with E-state index >= 15 is 0 Å². The van der Waals surface area contributed by atoms with E-state index in [9.17, 15) is 14.4 Å². The lowest BCUT2D eigenvalue weighted by atomic mass is 9.96. The molecule has 2 aliphatic rings. The lowest BCUT2D eigenvalue weighted by molar-refractivity contribution is -0.0586. The molecule has 178 valence electrons. The molecule has 0 unspecified atom stereocenters. The number of ether oxygens (including phenoxy) is 2. The number of nitrogens with one attached hydrogen (secondary N) is 1. The number of hydrogen-bond acceptors (Lipinski definition) is 5. The van der Waals surface area contributed by atoms with Gasteiger partial charge in [-0.25, -0.2) is 0 Å². The molecule has 32 heavy (non-hydrogen) atoms. The molecule has 1 aromatic heterocycles. The number of carbonyl (C=O) groups excluding carboxylic acids is 2. The van der Waals surface area contributed by atoms with Crippen LogP contribution in [-0.2, 0) is 16.0 Å². The summed E-state index contributed by atoms with van der Waals surface area (Å²) in [5, 5.41) is 3.06. The number of hydrogen-bond donors (Lipinski definition) is 1. The highest BCUT2D eigenvalue weighted by atomic mass is 16.5. The van der Waals surface area contributed by atoms with Crippen molar-refractivity contribution in [2.45, 2.75) is 83.6 Å². The number of methoxy groups -OCH3 is 1. The summed E-state index contributed by atoms with van der Waals surface area (Å²) < 4.78 is 12.6. The maximum absolute atomic E-state index is 13.3. The Morgan fingerprint density at radius 3 is 2.25 bits per heavy atom. The van der Waals surface area contributed by atoms with Gasteiger partial charge in [0.25, 0.3) is 11.8 Å². The monoisotopic (exact) mass is 447 g/mol. The SMILES string of the molecule is COCCn1cc(C(=O)NC2CCCCCCC2)c(=O)c(C(=O)N2C[C@@H](C)O[C@@H](C)C2)c1. The molecule has 2 fully saturated rings. The van der Waals surface area contributed by atoms with Crippen molar-refractivity contribution in [3.8, 4) is 0 Å². The molecule has 1 aliphatic heterocycles. The average Bonchev–Trinajstić information content (AvgIpc) is 2.73. The van der Waals surface area contributed by atoms with Gasteiger partial charge in [-0.1, -0.05) is 32.1 Å². The molecule has 1 saturated carbocycles. The van der Waals surface area contributed by atoms with E-state index in [0.717, 1.165) is 25.7 Å². The number of aromatic nitrogens is 1. The fraction of sp³-hybridized carbons (Fsp3) is 0.708. The van der Waals surface area contributed by atoms with Crippen molar-refractivity contribution in [1.29, 1.82) is 0 Å². The van der Waals surface area contributed by atoms with Crippen LogP contribution in [0.3, 0.4) is 0 Å². The van der Waals surface area contributed by atoms with E-state index in [0.29, 0.717) is 26.2 Å². The van der Waals surface area contributed by atoms with Gasteiger partial charge in [-0.15, -0.1) is 0 Å². The minimum absolute atomic E-state index is 0.0170. The summed E-state index contributed by atoms with van der Waals surface area (Å²) in [7, 11) is 1.59. The van der Waals surface area contributed by atoms with Gasteiger partial charge in [0.15, 0.2) is 0 Å². The molecule has 0 radical (unpaired) electrons. The predicted octanol–water partition coefficient (Wildman–Crippen LogP) is 2.59. The first-order chi connectivity index (χ1) is 15.4. The largest absolute Gasteiger partial charge is 0.383 e. The van der Waals surface area contributed by atoms with Gasteiger partial charge in [-0.2, -0.15) is 0 Å². The van der Waals surface area contributed by atoms with Crippen LogP contribution in [0.5, 0.6) is 0 Å². The lowest BCUT2D eigenvalue weighted by Gasteiger charge is -2.35. The summed E-state index contributed by atoms with van der Waals surface area (Å²) in [5.41, 5.74) is -0.477. The summed E-state index contributed by atoms with van der Waals surface area (Å²) in [4.78, 5) is 41.3. The average molecular weight is 448 g/mol. The molecule has 1 aliphatic carbocycles. The van der Waals surface area contributed by atoms with E-state index in [2.05, 4.69) is 5.32 Å². The second-order valence-corrected chi connectivity index (χ2v) is 9.13. The van der Waals surface area contributed by atoms with E-state index in [1.165, 1.54) is 19.3 Å². The Hall–Kier alpha value is -2.19. The molecule has 1 N–H and O–H groups in total. The maximum Gasteiger partial charge on any atom is 0.259 e.